The highest BCUT2D eigenvalue weighted by Gasteiger charge is 2.47. The van der Waals surface area contributed by atoms with Crippen LogP contribution in [0.2, 0.25) is 0 Å². The molecular weight excluding hydrogens is 429 g/mol. The lowest BCUT2D eigenvalue weighted by atomic mass is 9.85. The number of benzene rings is 2. The molecule has 1 aromatic heterocycles. The Kier molecular flexibility index (Phi) is 6.19. The van der Waals surface area contributed by atoms with Gasteiger partial charge in [-0.05, 0) is 43.0 Å². The summed E-state index contributed by atoms with van der Waals surface area (Å²) in [6, 6.07) is 14.6. The molecule has 2 fully saturated rings. The van der Waals surface area contributed by atoms with Crippen molar-refractivity contribution in [1.82, 2.24) is 9.88 Å². The van der Waals surface area contributed by atoms with E-state index in [1.165, 1.54) is 23.5 Å². The molecule has 2 aliphatic heterocycles. The maximum atomic E-state index is 13.4. The molecule has 0 bridgehead atoms. The number of rotatable bonds is 6. The van der Waals surface area contributed by atoms with Gasteiger partial charge in [0.25, 0.3) is 0 Å². The highest BCUT2D eigenvalue weighted by Crippen LogP contribution is 2.38. The Hall–Kier alpha value is -2.39. The lowest BCUT2D eigenvalue weighted by Crippen LogP contribution is -2.57. The maximum absolute atomic E-state index is 13.4. The zero-order valence-corrected chi connectivity index (χ0v) is 18.6. The van der Waals surface area contributed by atoms with Gasteiger partial charge >= 0.3 is 0 Å². The molecule has 1 amide bonds. The molecule has 6 nitrogen and oxygen atoms in total. The van der Waals surface area contributed by atoms with Crippen molar-refractivity contribution in [3.05, 3.63) is 59.9 Å². The van der Waals surface area contributed by atoms with Crippen LogP contribution in [0.15, 0.2) is 48.5 Å². The van der Waals surface area contributed by atoms with Crippen LogP contribution in [0.5, 0.6) is 0 Å². The zero-order valence-electron chi connectivity index (χ0n) is 17.8. The number of piperidine rings is 1. The van der Waals surface area contributed by atoms with Gasteiger partial charge < -0.3 is 14.8 Å². The summed E-state index contributed by atoms with van der Waals surface area (Å²) in [5.74, 6) is -0.438. The Labute approximate surface area is 190 Å². The van der Waals surface area contributed by atoms with E-state index in [9.17, 15) is 9.18 Å². The molecule has 168 valence electrons. The van der Waals surface area contributed by atoms with E-state index in [1.54, 1.807) is 6.07 Å². The van der Waals surface area contributed by atoms with Crippen molar-refractivity contribution in [2.24, 2.45) is 0 Å². The van der Waals surface area contributed by atoms with Crippen LogP contribution in [0.25, 0.3) is 10.2 Å². The van der Waals surface area contributed by atoms with E-state index in [0.29, 0.717) is 28.5 Å². The van der Waals surface area contributed by atoms with Gasteiger partial charge in [-0.25, -0.2) is 9.37 Å². The van der Waals surface area contributed by atoms with Gasteiger partial charge in [-0.15, -0.1) is 0 Å². The molecule has 32 heavy (non-hydrogen) atoms. The predicted octanol–water partition coefficient (Wildman–Crippen LogP) is 4.21. The van der Waals surface area contributed by atoms with Gasteiger partial charge in [0, 0.05) is 19.7 Å². The number of carbonyl (C=O) groups excluding carboxylic acids is 1. The minimum absolute atomic E-state index is 0.0859. The molecule has 2 aliphatic rings. The van der Waals surface area contributed by atoms with Crippen LogP contribution in [0.1, 0.15) is 24.8 Å². The van der Waals surface area contributed by atoms with E-state index in [4.69, 9.17) is 9.47 Å². The Morgan fingerprint density at radius 1 is 1.28 bits per heavy atom. The Balaban J connectivity index is 1.22. The summed E-state index contributed by atoms with van der Waals surface area (Å²) in [6.07, 6.45) is 2.80. The number of ether oxygens (including phenoxy) is 2. The van der Waals surface area contributed by atoms with Gasteiger partial charge in [0.2, 0.25) is 5.91 Å². The molecule has 3 aromatic rings. The van der Waals surface area contributed by atoms with Crippen molar-refractivity contribution in [2.75, 3.05) is 31.6 Å². The van der Waals surface area contributed by atoms with Crippen LogP contribution < -0.4 is 5.32 Å². The topological polar surface area (TPSA) is 63.7 Å². The van der Waals surface area contributed by atoms with E-state index in [-0.39, 0.29) is 30.0 Å². The van der Waals surface area contributed by atoms with Gasteiger partial charge in [-0.3, -0.25) is 9.69 Å². The van der Waals surface area contributed by atoms with E-state index >= 15 is 0 Å². The van der Waals surface area contributed by atoms with Crippen molar-refractivity contribution >= 4 is 32.6 Å². The molecule has 8 heteroatoms. The second-order valence-electron chi connectivity index (χ2n) is 8.47. The van der Waals surface area contributed by atoms with Crippen molar-refractivity contribution in [2.45, 2.75) is 37.6 Å². The highest BCUT2D eigenvalue weighted by atomic mass is 32.1. The summed E-state index contributed by atoms with van der Waals surface area (Å²) in [5.41, 5.74) is 1.56. The molecule has 2 saturated heterocycles. The number of halogens is 1. The van der Waals surface area contributed by atoms with Gasteiger partial charge in [-0.1, -0.05) is 41.7 Å². The lowest BCUT2D eigenvalue weighted by molar-refractivity contribution is -0.159. The Bertz CT molecular complexity index is 1080. The number of carbonyl (C=O) groups is 1. The average Bonchev–Trinajstić information content (AvgIpc) is 3.41. The van der Waals surface area contributed by atoms with E-state index in [2.05, 4.69) is 27.3 Å². The summed E-state index contributed by atoms with van der Waals surface area (Å²) in [7, 11) is 0. The number of thiazole rings is 1. The lowest BCUT2D eigenvalue weighted by Gasteiger charge is -2.44. The summed E-state index contributed by atoms with van der Waals surface area (Å²) in [5, 5.41) is 3.35. The molecule has 1 spiro atoms. The first-order chi connectivity index (χ1) is 15.6. The fraction of sp³-hybridized carbons (Fsp3) is 0.417. The van der Waals surface area contributed by atoms with Crippen molar-refractivity contribution in [3.63, 3.8) is 0 Å². The van der Waals surface area contributed by atoms with Crippen LogP contribution in [0.3, 0.4) is 0 Å². The predicted molar refractivity (Wildman–Crippen MR) is 122 cm³/mol. The van der Waals surface area contributed by atoms with Crippen molar-refractivity contribution < 1.29 is 18.7 Å². The fourth-order valence-electron chi connectivity index (χ4n) is 4.60. The van der Waals surface area contributed by atoms with E-state index in [1.807, 2.05) is 18.2 Å². The second kappa shape index (κ2) is 9.23. The number of aromatic nitrogens is 1. The third kappa shape index (κ3) is 4.68. The molecule has 0 aliphatic carbocycles. The molecular formula is C24H26FN3O3S. The standard InChI is InChI=1S/C24H26FN3O3S/c25-18-7-8-19-20(13-18)32-23(26-19)27-22(29)15-28-11-10-24(9-4-12-31-24)21(14-28)30-16-17-5-2-1-3-6-17/h1-3,5-8,13,21H,4,9-12,14-16H2,(H,26,27,29)/t21-,24+/m1/s1. The summed E-state index contributed by atoms with van der Waals surface area (Å²) >= 11 is 1.28. The fourth-order valence-corrected chi connectivity index (χ4v) is 5.51. The number of hydrogen-bond donors (Lipinski definition) is 1. The second-order valence-corrected chi connectivity index (χ2v) is 9.50. The zero-order chi connectivity index (χ0) is 22.0. The third-order valence-corrected chi connectivity index (χ3v) is 7.19. The Morgan fingerprint density at radius 2 is 2.16 bits per heavy atom. The number of anilines is 1. The molecule has 0 unspecified atom stereocenters. The first kappa shape index (κ1) is 21.5. The molecule has 0 saturated carbocycles. The van der Waals surface area contributed by atoms with Crippen LogP contribution in [0.4, 0.5) is 9.52 Å². The van der Waals surface area contributed by atoms with Gasteiger partial charge in [0.15, 0.2) is 5.13 Å². The molecule has 5 rings (SSSR count). The Morgan fingerprint density at radius 3 is 2.97 bits per heavy atom. The monoisotopic (exact) mass is 455 g/mol. The van der Waals surface area contributed by atoms with E-state index in [0.717, 1.165) is 38.0 Å². The maximum Gasteiger partial charge on any atom is 0.240 e. The first-order valence-electron chi connectivity index (χ1n) is 11.0. The van der Waals surface area contributed by atoms with Crippen LogP contribution in [-0.2, 0) is 20.9 Å². The van der Waals surface area contributed by atoms with Crippen LogP contribution >= 0.6 is 11.3 Å². The SMILES string of the molecule is O=C(CN1CC[C@@]2(CCCO2)[C@H](OCc2ccccc2)C1)Nc1nc2ccc(F)cc2s1. The normalized spacial score (nSPS) is 23.7. The molecule has 2 aromatic carbocycles. The minimum Gasteiger partial charge on any atom is -0.372 e. The smallest absolute Gasteiger partial charge is 0.240 e. The molecule has 1 N–H and O–H groups in total. The number of amides is 1. The quantitative estimate of drug-likeness (QED) is 0.603. The molecule has 3 heterocycles. The minimum atomic E-state index is -0.308. The summed E-state index contributed by atoms with van der Waals surface area (Å²) < 4.78 is 26.7. The molecule has 2 atom stereocenters. The third-order valence-electron chi connectivity index (χ3n) is 6.25. The number of hydrogen-bond acceptors (Lipinski definition) is 6. The average molecular weight is 456 g/mol. The van der Waals surface area contributed by atoms with Crippen molar-refractivity contribution in [1.29, 1.82) is 0 Å². The van der Waals surface area contributed by atoms with Crippen LogP contribution in [0, 0.1) is 5.82 Å². The summed E-state index contributed by atoms with van der Waals surface area (Å²) in [6.45, 7) is 2.98. The first-order valence-corrected chi connectivity index (χ1v) is 11.8. The largest absolute Gasteiger partial charge is 0.372 e. The van der Waals surface area contributed by atoms with Gasteiger partial charge in [-0.2, -0.15) is 0 Å². The number of fused-ring (bicyclic) bond motifs is 1. The highest BCUT2D eigenvalue weighted by molar-refractivity contribution is 7.22. The van der Waals surface area contributed by atoms with Crippen molar-refractivity contribution in [3.8, 4) is 0 Å². The molecule has 0 radical (unpaired) electrons. The van der Waals surface area contributed by atoms with Crippen LogP contribution in [-0.4, -0.2) is 53.7 Å². The van der Waals surface area contributed by atoms with E-state index < -0.39 is 0 Å². The number of nitrogens with one attached hydrogen (secondary N) is 1. The summed E-state index contributed by atoms with van der Waals surface area (Å²) in [4.78, 5) is 19.2. The number of likely N-dealkylation sites (tertiary alicyclic amines) is 1. The van der Waals surface area contributed by atoms with Gasteiger partial charge in [0.05, 0.1) is 35.1 Å². The number of nitrogens with zero attached hydrogens (tertiary/aromatic N) is 2. The van der Waals surface area contributed by atoms with Gasteiger partial charge in [0.1, 0.15) is 5.82 Å².